The molecule has 1 aromatic carbocycles. The molecule has 0 radical (unpaired) electrons. The summed E-state index contributed by atoms with van der Waals surface area (Å²) in [5, 5.41) is 16.1. The Labute approximate surface area is 194 Å². The summed E-state index contributed by atoms with van der Waals surface area (Å²) in [6, 6.07) is 2.59. The molecule has 6 rings (SSSR count). The van der Waals surface area contributed by atoms with Gasteiger partial charge in [0, 0.05) is 29.5 Å². The second-order valence-corrected chi connectivity index (χ2v) is 11.2. The van der Waals surface area contributed by atoms with Crippen molar-refractivity contribution in [3.05, 3.63) is 42.0 Å². The number of rotatable bonds is 2. The van der Waals surface area contributed by atoms with Gasteiger partial charge in [-0.15, -0.1) is 6.58 Å². The second-order valence-electron chi connectivity index (χ2n) is 11.2. The Balaban J connectivity index is 1.59. The maximum Gasteiger partial charge on any atom is 0.248 e. The van der Waals surface area contributed by atoms with Gasteiger partial charge in [0.2, 0.25) is 11.8 Å². The lowest BCUT2D eigenvalue weighted by molar-refractivity contribution is -0.169. The third-order valence-electron chi connectivity index (χ3n) is 8.53. The fourth-order valence-electron chi connectivity index (χ4n) is 6.84. The zero-order chi connectivity index (χ0) is 23.6. The molecule has 5 aliphatic rings. The highest BCUT2D eigenvalue weighted by atomic mass is 16.5. The van der Waals surface area contributed by atoms with Gasteiger partial charge in [-0.3, -0.25) is 9.59 Å². The van der Waals surface area contributed by atoms with Gasteiger partial charge in [0.15, 0.2) is 5.66 Å². The van der Waals surface area contributed by atoms with Crippen LogP contribution in [0.3, 0.4) is 0 Å². The molecule has 7 nitrogen and oxygen atoms in total. The normalized spacial score (nSPS) is 35.3. The van der Waals surface area contributed by atoms with Crippen LogP contribution in [0.25, 0.3) is 6.08 Å². The van der Waals surface area contributed by atoms with Crippen LogP contribution in [-0.2, 0) is 15.2 Å². The predicted molar refractivity (Wildman–Crippen MR) is 124 cm³/mol. The fourth-order valence-corrected chi connectivity index (χ4v) is 6.84. The van der Waals surface area contributed by atoms with Crippen molar-refractivity contribution < 1.29 is 19.4 Å². The Bertz CT molecular complexity index is 1150. The third kappa shape index (κ3) is 2.24. The predicted octanol–water partition coefficient (Wildman–Crippen LogP) is 3.00. The molecule has 1 aromatic rings. The average molecular weight is 450 g/mol. The van der Waals surface area contributed by atoms with Crippen LogP contribution < -0.4 is 10.1 Å². The molecule has 0 spiro atoms. The Morgan fingerprint density at radius 2 is 2.00 bits per heavy atom. The molecule has 7 heteroatoms. The van der Waals surface area contributed by atoms with Gasteiger partial charge < -0.3 is 25.0 Å². The molecule has 5 heterocycles. The van der Waals surface area contributed by atoms with E-state index in [1.165, 1.54) is 0 Å². The highest BCUT2D eigenvalue weighted by molar-refractivity contribution is 6.00. The van der Waals surface area contributed by atoms with Crippen molar-refractivity contribution >= 4 is 23.6 Å². The van der Waals surface area contributed by atoms with Crippen LogP contribution in [0.5, 0.6) is 5.75 Å². The molecule has 2 N–H and O–H groups in total. The van der Waals surface area contributed by atoms with Crippen molar-refractivity contribution in [2.75, 3.05) is 11.9 Å². The molecule has 0 aliphatic carbocycles. The Morgan fingerprint density at radius 3 is 2.73 bits per heavy atom. The first kappa shape index (κ1) is 20.8. The number of ether oxygens (including phenoxy) is 1. The number of anilines is 1. The van der Waals surface area contributed by atoms with Gasteiger partial charge in [0.25, 0.3) is 0 Å². The van der Waals surface area contributed by atoms with E-state index < -0.39 is 34.4 Å². The number of nitrogens with one attached hydrogen (secondary N) is 1. The van der Waals surface area contributed by atoms with E-state index in [0.717, 1.165) is 23.4 Å². The van der Waals surface area contributed by atoms with Gasteiger partial charge in [-0.25, -0.2) is 0 Å². The molecular formula is C26H31N3O4. The molecule has 2 amide bonds. The molecular weight excluding hydrogens is 418 g/mol. The van der Waals surface area contributed by atoms with Crippen molar-refractivity contribution in [3.8, 4) is 5.75 Å². The standard InChI is InChI=1S/C26H31N3O4/c1-6-23(2,3)26-25(32,14-18-21(30)28-13-7-8-17(28)22(31)29(18)26)16-9-10-19-15(20(16)27-26)11-12-24(4,5)33-19/h6,9-12,17-18,27,32H,1,7-8,13-14H2,2-5H3. The lowest BCUT2D eigenvalue weighted by Crippen LogP contribution is -2.73. The quantitative estimate of drug-likeness (QED) is 0.679. The van der Waals surface area contributed by atoms with Crippen LogP contribution in [-0.4, -0.2) is 56.6 Å². The Hall–Kier alpha value is -2.80. The number of hydrogen-bond donors (Lipinski definition) is 2. The van der Waals surface area contributed by atoms with E-state index in [4.69, 9.17) is 4.74 Å². The maximum atomic E-state index is 13.9. The maximum absolute atomic E-state index is 13.9. The van der Waals surface area contributed by atoms with Gasteiger partial charge in [0.05, 0.1) is 5.69 Å². The minimum atomic E-state index is -1.47. The largest absolute Gasteiger partial charge is 0.483 e. The smallest absolute Gasteiger partial charge is 0.248 e. The van der Waals surface area contributed by atoms with Crippen LogP contribution in [0.15, 0.2) is 30.9 Å². The number of carbonyl (C=O) groups excluding carboxylic acids is 2. The van der Waals surface area contributed by atoms with E-state index in [2.05, 4.69) is 11.9 Å². The van der Waals surface area contributed by atoms with Crippen molar-refractivity contribution in [3.63, 3.8) is 0 Å². The number of aliphatic hydroxyl groups is 1. The number of benzene rings is 1. The number of nitrogens with zero attached hydrogens (tertiary/aromatic N) is 2. The van der Waals surface area contributed by atoms with E-state index in [1.807, 2.05) is 52.0 Å². The van der Waals surface area contributed by atoms with Crippen molar-refractivity contribution in [2.24, 2.45) is 5.41 Å². The zero-order valence-corrected chi connectivity index (χ0v) is 19.6. The summed E-state index contributed by atoms with van der Waals surface area (Å²) in [5.41, 5.74) is -1.60. The van der Waals surface area contributed by atoms with E-state index in [9.17, 15) is 14.7 Å². The monoisotopic (exact) mass is 449 g/mol. The molecule has 33 heavy (non-hydrogen) atoms. The highest BCUT2D eigenvalue weighted by Gasteiger charge is 2.76. The SMILES string of the molecule is C=CC(C)(C)C12Nc3c(ccc4c3C=CC(C)(C)O4)C1(O)CC1C(=O)N3CCCC3C(=O)N12. The zero-order valence-electron chi connectivity index (χ0n) is 19.6. The van der Waals surface area contributed by atoms with Crippen LogP contribution in [0.1, 0.15) is 58.1 Å². The highest BCUT2D eigenvalue weighted by Crippen LogP contribution is 2.65. The van der Waals surface area contributed by atoms with Crippen LogP contribution in [0, 0.1) is 5.41 Å². The van der Waals surface area contributed by atoms with E-state index in [1.54, 1.807) is 15.9 Å². The van der Waals surface area contributed by atoms with E-state index in [-0.39, 0.29) is 18.2 Å². The summed E-state index contributed by atoms with van der Waals surface area (Å²) in [4.78, 5) is 30.8. The van der Waals surface area contributed by atoms with Crippen LogP contribution in [0.2, 0.25) is 0 Å². The van der Waals surface area contributed by atoms with Gasteiger partial charge in [-0.2, -0.15) is 0 Å². The van der Waals surface area contributed by atoms with Gasteiger partial charge in [-0.1, -0.05) is 26.0 Å². The first-order valence-electron chi connectivity index (χ1n) is 11.8. The number of hydrogen-bond acceptors (Lipinski definition) is 5. The molecule has 0 saturated carbocycles. The minimum Gasteiger partial charge on any atom is -0.483 e. The first-order valence-corrected chi connectivity index (χ1v) is 11.8. The van der Waals surface area contributed by atoms with E-state index >= 15 is 0 Å². The number of piperazine rings is 1. The van der Waals surface area contributed by atoms with Crippen molar-refractivity contribution in [2.45, 2.75) is 75.9 Å². The van der Waals surface area contributed by atoms with Crippen molar-refractivity contribution in [1.29, 1.82) is 0 Å². The molecule has 4 unspecified atom stereocenters. The number of fused-ring (bicyclic) bond motifs is 8. The van der Waals surface area contributed by atoms with Gasteiger partial charge >= 0.3 is 0 Å². The second kappa shape index (κ2) is 6.00. The topological polar surface area (TPSA) is 82.1 Å². The average Bonchev–Trinajstić information content (AvgIpc) is 3.41. The summed E-state index contributed by atoms with van der Waals surface area (Å²) in [7, 11) is 0. The lowest BCUT2D eigenvalue weighted by Gasteiger charge is -2.54. The third-order valence-corrected chi connectivity index (χ3v) is 8.53. The molecule has 174 valence electrons. The lowest BCUT2D eigenvalue weighted by atomic mass is 9.68. The minimum absolute atomic E-state index is 0.0644. The molecule has 5 aliphatic heterocycles. The summed E-state index contributed by atoms with van der Waals surface area (Å²) in [6.07, 6.45) is 7.42. The van der Waals surface area contributed by atoms with E-state index in [0.29, 0.717) is 18.5 Å². The fraction of sp³-hybridized carbons (Fsp3) is 0.538. The summed E-state index contributed by atoms with van der Waals surface area (Å²) in [5.74, 6) is 0.568. The Morgan fingerprint density at radius 1 is 1.24 bits per heavy atom. The summed E-state index contributed by atoms with van der Waals surface area (Å²) in [6.45, 7) is 12.6. The summed E-state index contributed by atoms with van der Waals surface area (Å²) >= 11 is 0. The van der Waals surface area contributed by atoms with Crippen LogP contribution in [0.4, 0.5) is 5.69 Å². The Kier molecular flexibility index (Phi) is 3.78. The number of carbonyl (C=O) groups is 2. The van der Waals surface area contributed by atoms with Crippen molar-refractivity contribution in [1.82, 2.24) is 9.80 Å². The molecule has 3 saturated heterocycles. The first-order chi connectivity index (χ1) is 15.5. The van der Waals surface area contributed by atoms with Gasteiger partial charge in [0.1, 0.15) is 29.0 Å². The molecule has 4 atom stereocenters. The molecule has 0 bridgehead atoms. The molecule has 3 fully saturated rings. The summed E-state index contributed by atoms with van der Waals surface area (Å²) < 4.78 is 6.18. The van der Waals surface area contributed by atoms with Crippen LogP contribution >= 0.6 is 0 Å². The van der Waals surface area contributed by atoms with Gasteiger partial charge in [-0.05, 0) is 44.9 Å². The number of amides is 2. The molecule has 0 aromatic heterocycles.